The maximum absolute atomic E-state index is 12.2. The van der Waals surface area contributed by atoms with Crippen LogP contribution in [0.25, 0.3) is 0 Å². The Morgan fingerprint density at radius 1 is 0.828 bits per heavy atom. The summed E-state index contributed by atoms with van der Waals surface area (Å²) in [6.45, 7) is 1.89. The van der Waals surface area contributed by atoms with Crippen LogP contribution in [0, 0.1) is 0 Å². The van der Waals surface area contributed by atoms with Gasteiger partial charge in [0.25, 0.3) is 0 Å². The molecule has 0 aliphatic carbocycles. The summed E-state index contributed by atoms with van der Waals surface area (Å²) >= 11 is 0. The Hall–Kier alpha value is -0.294. The maximum atomic E-state index is 12.2. The maximum Gasteiger partial charge on any atom is 1.00 e. The minimum atomic E-state index is -4.47. The molecule has 0 spiro atoms. The second-order valence-electron chi connectivity index (χ2n) is 6.55. The van der Waals surface area contributed by atoms with Gasteiger partial charge in [0.05, 0.1) is 33.6 Å². The SMILES string of the molecule is CCCCCCCCCCOC(=O)c1ccccc1C(=O)OCCS(=O)(=O)[O-].[K+]. The van der Waals surface area contributed by atoms with Crippen LogP contribution in [-0.4, -0.2) is 43.9 Å². The van der Waals surface area contributed by atoms with Gasteiger partial charge in [-0.2, -0.15) is 0 Å². The van der Waals surface area contributed by atoms with Crippen LogP contribution in [0.4, 0.5) is 0 Å². The molecule has 9 heteroatoms. The van der Waals surface area contributed by atoms with E-state index in [1.807, 2.05) is 0 Å². The van der Waals surface area contributed by atoms with Gasteiger partial charge in [-0.15, -0.1) is 0 Å². The Morgan fingerprint density at radius 3 is 1.76 bits per heavy atom. The summed E-state index contributed by atoms with van der Waals surface area (Å²) < 4.78 is 41.7. The van der Waals surface area contributed by atoms with Crippen molar-refractivity contribution in [3.8, 4) is 0 Å². The van der Waals surface area contributed by atoms with Gasteiger partial charge in [0.15, 0.2) is 0 Å². The summed E-state index contributed by atoms with van der Waals surface area (Å²) in [5, 5.41) is 0. The number of rotatable bonds is 14. The Balaban J connectivity index is 0.00000784. The Labute approximate surface area is 216 Å². The summed E-state index contributed by atoms with van der Waals surface area (Å²) in [4.78, 5) is 24.3. The van der Waals surface area contributed by atoms with Crippen molar-refractivity contribution >= 4 is 22.1 Å². The molecule has 0 radical (unpaired) electrons. The van der Waals surface area contributed by atoms with Crippen molar-refractivity contribution in [1.29, 1.82) is 0 Å². The molecule has 0 saturated carbocycles. The summed E-state index contributed by atoms with van der Waals surface area (Å²) in [6, 6.07) is 5.97. The van der Waals surface area contributed by atoms with E-state index in [-0.39, 0.29) is 69.1 Å². The van der Waals surface area contributed by atoms with Crippen molar-refractivity contribution in [2.45, 2.75) is 58.3 Å². The zero-order valence-corrected chi connectivity index (χ0v) is 21.3. The van der Waals surface area contributed by atoms with Gasteiger partial charge in [-0.05, 0) is 18.6 Å². The standard InChI is InChI=1S/C20H30O7S.K/c1-2-3-4-5-6-7-8-11-14-26-19(21)17-12-9-10-13-18(17)20(22)27-15-16-28(23,24)25;/h9-10,12-13H,2-8,11,14-16H2,1H3,(H,23,24,25);/q;+1/p-1. The molecule has 0 atom stereocenters. The summed E-state index contributed by atoms with van der Waals surface area (Å²) in [6.07, 6.45) is 9.01. The van der Waals surface area contributed by atoms with Crippen LogP contribution >= 0.6 is 0 Å². The third-order valence-electron chi connectivity index (χ3n) is 4.16. The number of hydrogen-bond donors (Lipinski definition) is 0. The van der Waals surface area contributed by atoms with E-state index < -0.39 is 34.4 Å². The molecule has 1 aromatic rings. The quantitative estimate of drug-likeness (QED) is 0.177. The molecule has 0 saturated heterocycles. The molecule has 0 heterocycles. The molecule has 0 unspecified atom stereocenters. The van der Waals surface area contributed by atoms with E-state index in [9.17, 15) is 22.6 Å². The number of carbonyl (C=O) groups is 2. The van der Waals surface area contributed by atoms with Crippen molar-refractivity contribution < 1.29 is 83.4 Å². The topological polar surface area (TPSA) is 110 Å². The first-order valence-corrected chi connectivity index (χ1v) is 11.3. The average Bonchev–Trinajstić information content (AvgIpc) is 2.65. The van der Waals surface area contributed by atoms with Crippen LogP contribution in [0.3, 0.4) is 0 Å². The van der Waals surface area contributed by atoms with Gasteiger partial charge in [0.1, 0.15) is 6.61 Å². The minimum Gasteiger partial charge on any atom is -0.748 e. The van der Waals surface area contributed by atoms with E-state index in [0.29, 0.717) is 0 Å². The van der Waals surface area contributed by atoms with Gasteiger partial charge in [-0.3, -0.25) is 0 Å². The molecule has 158 valence electrons. The van der Waals surface area contributed by atoms with Crippen LogP contribution in [0.2, 0.25) is 0 Å². The van der Waals surface area contributed by atoms with E-state index in [2.05, 4.69) is 6.92 Å². The van der Waals surface area contributed by atoms with Gasteiger partial charge < -0.3 is 14.0 Å². The first-order chi connectivity index (χ1) is 13.3. The first kappa shape index (κ1) is 28.7. The normalized spacial score (nSPS) is 10.8. The fourth-order valence-electron chi connectivity index (χ4n) is 2.63. The molecule has 0 bridgehead atoms. The smallest absolute Gasteiger partial charge is 0.748 e. The fourth-order valence-corrected chi connectivity index (χ4v) is 2.92. The predicted octanol–water partition coefficient (Wildman–Crippen LogP) is 0.690. The number of hydrogen-bond acceptors (Lipinski definition) is 7. The number of carbonyl (C=O) groups excluding carboxylic acids is 2. The van der Waals surface area contributed by atoms with Crippen LogP contribution in [0.15, 0.2) is 24.3 Å². The van der Waals surface area contributed by atoms with Crippen molar-refractivity contribution in [3.63, 3.8) is 0 Å². The molecule has 29 heavy (non-hydrogen) atoms. The molecule has 7 nitrogen and oxygen atoms in total. The molecular weight excluding hydrogens is 423 g/mol. The van der Waals surface area contributed by atoms with Gasteiger partial charge in [-0.25, -0.2) is 18.0 Å². The largest absolute Gasteiger partial charge is 1.00 e. The van der Waals surface area contributed by atoms with E-state index in [0.717, 1.165) is 19.3 Å². The second-order valence-corrected chi connectivity index (χ2v) is 8.08. The second kappa shape index (κ2) is 16.4. The van der Waals surface area contributed by atoms with Gasteiger partial charge >= 0.3 is 63.3 Å². The van der Waals surface area contributed by atoms with E-state index in [4.69, 9.17) is 9.47 Å². The van der Waals surface area contributed by atoms with E-state index >= 15 is 0 Å². The Kier molecular flexibility index (Phi) is 16.2. The molecule has 0 aromatic heterocycles. The summed E-state index contributed by atoms with van der Waals surface area (Å²) in [5.74, 6) is -2.32. The summed E-state index contributed by atoms with van der Waals surface area (Å²) in [5.41, 5.74) is 0.0313. The number of unbranched alkanes of at least 4 members (excludes halogenated alkanes) is 7. The minimum absolute atomic E-state index is 0. The Morgan fingerprint density at radius 2 is 1.28 bits per heavy atom. The van der Waals surface area contributed by atoms with Gasteiger partial charge in [-0.1, -0.05) is 64.0 Å². The zero-order valence-electron chi connectivity index (χ0n) is 17.4. The van der Waals surface area contributed by atoms with Crippen molar-refractivity contribution in [2.24, 2.45) is 0 Å². The van der Waals surface area contributed by atoms with Crippen LogP contribution in [-0.2, 0) is 19.6 Å². The third kappa shape index (κ3) is 13.6. The average molecular weight is 453 g/mol. The molecule has 0 amide bonds. The van der Waals surface area contributed by atoms with Gasteiger partial charge in [0, 0.05) is 0 Å². The third-order valence-corrected chi connectivity index (χ3v) is 4.83. The van der Waals surface area contributed by atoms with E-state index in [1.54, 1.807) is 12.1 Å². The fraction of sp³-hybridized carbons (Fsp3) is 0.600. The van der Waals surface area contributed by atoms with Crippen LogP contribution in [0.5, 0.6) is 0 Å². The number of ether oxygens (including phenoxy) is 2. The molecule has 0 fully saturated rings. The van der Waals surface area contributed by atoms with Crippen molar-refractivity contribution in [1.82, 2.24) is 0 Å². The van der Waals surface area contributed by atoms with Crippen LogP contribution < -0.4 is 51.4 Å². The molecule has 1 rings (SSSR count). The molecule has 0 N–H and O–H groups in total. The number of benzene rings is 1. The predicted molar refractivity (Wildman–Crippen MR) is 104 cm³/mol. The van der Waals surface area contributed by atoms with Gasteiger partial charge in [0.2, 0.25) is 0 Å². The number of esters is 2. The molecular formula is C20H29KO7S. The van der Waals surface area contributed by atoms with Crippen molar-refractivity contribution in [2.75, 3.05) is 19.0 Å². The zero-order chi connectivity index (χ0) is 20.8. The monoisotopic (exact) mass is 452 g/mol. The van der Waals surface area contributed by atoms with Crippen molar-refractivity contribution in [3.05, 3.63) is 35.4 Å². The van der Waals surface area contributed by atoms with Crippen LogP contribution in [0.1, 0.15) is 79.0 Å². The molecule has 0 aliphatic heterocycles. The Bertz CT molecular complexity index is 719. The summed E-state index contributed by atoms with van der Waals surface area (Å²) in [7, 11) is -4.47. The molecule has 0 aliphatic rings. The van der Waals surface area contributed by atoms with E-state index in [1.165, 1.54) is 44.2 Å². The first-order valence-electron chi connectivity index (χ1n) is 9.72. The molecule has 1 aromatic carbocycles.